The molecule has 106 valence electrons. The van der Waals surface area contributed by atoms with Gasteiger partial charge in [-0.05, 0) is 31.1 Å². The van der Waals surface area contributed by atoms with Crippen LogP contribution in [-0.2, 0) is 0 Å². The molecule has 2 rings (SSSR count). The zero-order chi connectivity index (χ0) is 13.2. The fourth-order valence-corrected chi connectivity index (χ4v) is 3.67. The molecule has 1 saturated carbocycles. The molecular weight excluding hydrogens is 220 g/mol. The smallest absolute Gasteiger partial charge is 0.0218 e. The van der Waals surface area contributed by atoms with Crippen LogP contribution in [0, 0.1) is 11.3 Å². The summed E-state index contributed by atoms with van der Waals surface area (Å²) in [7, 11) is 0. The number of nitrogens with one attached hydrogen (secondary N) is 1. The van der Waals surface area contributed by atoms with Crippen molar-refractivity contribution in [3.8, 4) is 0 Å². The molecule has 1 aliphatic carbocycles. The van der Waals surface area contributed by atoms with E-state index in [-0.39, 0.29) is 0 Å². The van der Waals surface area contributed by atoms with Crippen LogP contribution < -0.4 is 5.32 Å². The average molecular weight is 252 g/mol. The standard InChI is InChI=1S/C16H32N2/c1-13(2)15-11-18(14(3)10-17-15)12-16(4)8-6-5-7-9-16/h13-15,17H,5-12H2,1-4H3. The van der Waals surface area contributed by atoms with E-state index in [4.69, 9.17) is 0 Å². The minimum atomic E-state index is 0.589. The van der Waals surface area contributed by atoms with E-state index in [1.165, 1.54) is 51.7 Å². The van der Waals surface area contributed by atoms with Crippen LogP contribution in [0.5, 0.6) is 0 Å². The van der Waals surface area contributed by atoms with Crippen molar-refractivity contribution in [2.75, 3.05) is 19.6 Å². The van der Waals surface area contributed by atoms with E-state index in [0.717, 1.165) is 5.92 Å². The van der Waals surface area contributed by atoms with Crippen LogP contribution in [0.15, 0.2) is 0 Å². The Kier molecular flexibility index (Phi) is 4.71. The minimum Gasteiger partial charge on any atom is -0.311 e. The molecule has 2 fully saturated rings. The zero-order valence-corrected chi connectivity index (χ0v) is 12.8. The monoisotopic (exact) mass is 252 g/mol. The Balaban J connectivity index is 1.93. The molecule has 1 heterocycles. The fraction of sp³-hybridized carbons (Fsp3) is 1.00. The number of piperazine rings is 1. The van der Waals surface area contributed by atoms with Crippen molar-refractivity contribution in [1.82, 2.24) is 10.2 Å². The second-order valence-electron chi connectivity index (χ2n) is 7.41. The number of hydrogen-bond donors (Lipinski definition) is 1. The van der Waals surface area contributed by atoms with Crippen LogP contribution in [0.4, 0.5) is 0 Å². The number of nitrogens with zero attached hydrogens (tertiary/aromatic N) is 1. The molecule has 0 aromatic carbocycles. The largest absolute Gasteiger partial charge is 0.311 e. The second kappa shape index (κ2) is 5.92. The third kappa shape index (κ3) is 3.48. The molecule has 2 atom stereocenters. The lowest BCUT2D eigenvalue weighted by molar-refractivity contribution is 0.0564. The molecule has 1 N–H and O–H groups in total. The molecular formula is C16H32N2. The summed E-state index contributed by atoms with van der Waals surface area (Å²) >= 11 is 0. The van der Waals surface area contributed by atoms with Gasteiger partial charge >= 0.3 is 0 Å². The van der Waals surface area contributed by atoms with Crippen LogP contribution in [0.3, 0.4) is 0 Å². The molecule has 2 aliphatic rings. The van der Waals surface area contributed by atoms with Gasteiger partial charge < -0.3 is 5.32 Å². The van der Waals surface area contributed by atoms with Gasteiger partial charge in [0.25, 0.3) is 0 Å². The normalized spacial score (nSPS) is 33.8. The number of hydrogen-bond acceptors (Lipinski definition) is 2. The lowest BCUT2D eigenvalue weighted by Gasteiger charge is -2.46. The highest BCUT2D eigenvalue weighted by Gasteiger charge is 2.34. The van der Waals surface area contributed by atoms with E-state index in [1.54, 1.807) is 0 Å². The molecule has 0 radical (unpaired) electrons. The van der Waals surface area contributed by atoms with Crippen molar-refractivity contribution < 1.29 is 0 Å². The van der Waals surface area contributed by atoms with Crippen molar-refractivity contribution in [2.24, 2.45) is 11.3 Å². The summed E-state index contributed by atoms with van der Waals surface area (Å²) in [5.41, 5.74) is 0.589. The maximum atomic E-state index is 3.71. The second-order valence-corrected chi connectivity index (χ2v) is 7.41. The topological polar surface area (TPSA) is 15.3 Å². The fourth-order valence-electron chi connectivity index (χ4n) is 3.67. The first-order chi connectivity index (χ1) is 8.50. The predicted octanol–water partition coefficient (Wildman–Crippen LogP) is 3.28. The van der Waals surface area contributed by atoms with Gasteiger partial charge in [-0.1, -0.05) is 40.0 Å². The minimum absolute atomic E-state index is 0.589. The molecule has 0 amide bonds. The predicted molar refractivity (Wildman–Crippen MR) is 78.9 cm³/mol. The first-order valence-corrected chi connectivity index (χ1v) is 7.98. The maximum Gasteiger partial charge on any atom is 0.0218 e. The summed E-state index contributed by atoms with van der Waals surface area (Å²) in [6.07, 6.45) is 7.24. The molecule has 2 unspecified atom stereocenters. The molecule has 1 saturated heterocycles. The van der Waals surface area contributed by atoms with Crippen LogP contribution in [0.25, 0.3) is 0 Å². The van der Waals surface area contributed by atoms with Crippen molar-refractivity contribution >= 4 is 0 Å². The van der Waals surface area contributed by atoms with Crippen LogP contribution >= 0.6 is 0 Å². The first kappa shape index (κ1) is 14.3. The summed E-state index contributed by atoms with van der Waals surface area (Å²) in [5, 5.41) is 3.71. The van der Waals surface area contributed by atoms with E-state index < -0.39 is 0 Å². The lowest BCUT2D eigenvalue weighted by Crippen LogP contribution is -2.59. The Morgan fingerprint density at radius 3 is 2.50 bits per heavy atom. The Hall–Kier alpha value is -0.0800. The van der Waals surface area contributed by atoms with Crippen LogP contribution in [0.2, 0.25) is 0 Å². The molecule has 0 aromatic heterocycles. The van der Waals surface area contributed by atoms with Gasteiger partial charge in [-0.2, -0.15) is 0 Å². The van der Waals surface area contributed by atoms with Gasteiger partial charge in [0, 0.05) is 31.7 Å². The summed E-state index contributed by atoms with van der Waals surface area (Å²) in [6, 6.07) is 1.40. The van der Waals surface area contributed by atoms with Gasteiger partial charge in [0.2, 0.25) is 0 Å². The Morgan fingerprint density at radius 2 is 1.89 bits per heavy atom. The molecule has 0 spiro atoms. The molecule has 0 aromatic rings. The highest BCUT2D eigenvalue weighted by atomic mass is 15.2. The first-order valence-electron chi connectivity index (χ1n) is 7.98. The van der Waals surface area contributed by atoms with Gasteiger partial charge in [-0.25, -0.2) is 0 Å². The van der Waals surface area contributed by atoms with Gasteiger partial charge in [-0.3, -0.25) is 4.90 Å². The van der Waals surface area contributed by atoms with Crippen molar-refractivity contribution in [1.29, 1.82) is 0 Å². The summed E-state index contributed by atoms with van der Waals surface area (Å²) in [5.74, 6) is 0.749. The van der Waals surface area contributed by atoms with Gasteiger partial charge in [0.1, 0.15) is 0 Å². The van der Waals surface area contributed by atoms with Crippen molar-refractivity contribution in [3.05, 3.63) is 0 Å². The molecule has 2 nitrogen and oxygen atoms in total. The van der Waals surface area contributed by atoms with E-state index in [2.05, 4.69) is 37.9 Å². The van der Waals surface area contributed by atoms with Crippen LogP contribution in [-0.4, -0.2) is 36.6 Å². The van der Waals surface area contributed by atoms with Crippen molar-refractivity contribution in [3.63, 3.8) is 0 Å². The summed E-state index contributed by atoms with van der Waals surface area (Å²) in [6.45, 7) is 13.3. The maximum absolute atomic E-state index is 3.71. The summed E-state index contributed by atoms with van der Waals surface area (Å²) < 4.78 is 0. The highest BCUT2D eigenvalue weighted by Crippen LogP contribution is 2.37. The van der Waals surface area contributed by atoms with Gasteiger partial charge in [0.05, 0.1) is 0 Å². The van der Waals surface area contributed by atoms with E-state index >= 15 is 0 Å². The van der Waals surface area contributed by atoms with Gasteiger partial charge in [-0.15, -0.1) is 0 Å². The quantitative estimate of drug-likeness (QED) is 0.829. The van der Waals surface area contributed by atoms with E-state index in [1.807, 2.05) is 0 Å². The Labute approximate surface area is 114 Å². The molecule has 18 heavy (non-hydrogen) atoms. The number of rotatable bonds is 3. The molecule has 1 aliphatic heterocycles. The Bertz CT molecular complexity index is 256. The SMILES string of the molecule is CC(C)C1CN(CC2(C)CCCCC2)C(C)CN1. The zero-order valence-electron chi connectivity index (χ0n) is 12.8. The van der Waals surface area contributed by atoms with Crippen molar-refractivity contribution in [2.45, 2.75) is 71.9 Å². The Morgan fingerprint density at radius 1 is 1.22 bits per heavy atom. The van der Waals surface area contributed by atoms with Gasteiger partial charge in [0.15, 0.2) is 0 Å². The average Bonchev–Trinajstić information content (AvgIpc) is 2.32. The van der Waals surface area contributed by atoms with E-state index in [0.29, 0.717) is 17.5 Å². The third-order valence-electron chi connectivity index (χ3n) is 5.18. The highest BCUT2D eigenvalue weighted by molar-refractivity contribution is 4.90. The molecule has 0 bridgehead atoms. The third-order valence-corrected chi connectivity index (χ3v) is 5.18. The molecule has 2 heteroatoms. The summed E-state index contributed by atoms with van der Waals surface area (Å²) in [4.78, 5) is 2.76. The van der Waals surface area contributed by atoms with E-state index in [9.17, 15) is 0 Å². The van der Waals surface area contributed by atoms with Crippen LogP contribution in [0.1, 0.15) is 59.8 Å². The lowest BCUT2D eigenvalue weighted by atomic mass is 9.75.